The van der Waals surface area contributed by atoms with Crippen molar-refractivity contribution >= 4 is 11.3 Å². The van der Waals surface area contributed by atoms with Crippen LogP contribution >= 0.6 is 0 Å². The largest absolute Gasteiger partial charge is 0.493 e. The molecular formula is C19H21N3O4. The minimum absolute atomic E-state index is 0.111. The second-order valence-electron chi connectivity index (χ2n) is 5.79. The summed E-state index contributed by atoms with van der Waals surface area (Å²) in [4.78, 5) is 16.8. The minimum Gasteiger partial charge on any atom is -0.493 e. The Morgan fingerprint density at radius 1 is 1.04 bits per heavy atom. The number of nitrogens with one attached hydrogen (secondary N) is 1. The van der Waals surface area contributed by atoms with Crippen LogP contribution in [0.4, 0.5) is 5.69 Å². The number of nitrogens with zero attached hydrogens (tertiary/aromatic N) is 2. The van der Waals surface area contributed by atoms with Crippen LogP contribution in [0.15, 0.2) is 41.3 Å². The number of benzene rings is 1. The maximum absolute atomic E-state index is 12.3. The quantitative estimate of drug-likeness (QED) is 0.733. The van der Waals surface area contributed by atoms with Gasteiger partial charge in [-0.15, -0.1) is 0 Å². The Morgan fingerprint density at radius 3 is 2.35 bits per heavy atom. The molecule has 26 heavy (non-hydrogen) atoms. The Labute approximate surface area is 151 Å². The molecule has 0 spiro atoms. The number of hydrogen-bond donors (Lipinski definition) is 1. The summed E-state index contributed by atoms with van der Waals surface area (Å²) in [7, 11) is 4.69. The molecule has 0 amide bonds. The van der Waals surface area contributed by atoms with Gasteiger partial charge in [-0.1, -0.05) is 6.07 Å². The Bertz CT molecular complexity index is 973. The van der Waals surface area contributed by atoms with E-state index < -0.39 is 0 Å². The standard InChI is InChI=1S/C19H21N3O4/c1-12-5-6-17-21-14(9-18(23)22(17)11-12)10-20-13-7-15(24-2)19(26-4)16(8-13)25-3/h5-9,11,20H,10H2,1-4H3. The van der Waals surface area contributed by atoms with Crippen molar-refractivity contribution in [3.8, 4) is 17.2 Å². The van der Waals surface area contributed by atoms with Crippen LogP contribution in [0.3, 0.4) is 0 Å². The third-order valence-corrected chi connectivity index (χ3v) is 4.00. The number of pyridine rings is 1. The van der Waals surface area contributed by atoms with E-state index >= 15 is 0 Å². The van der Waals surface area contributed by atoms with Crippen LogP contribution in [0.1, 0.15) is 11.3 Å². The SMILES string of the molecule is COc1cc(NCc2cc(=O)n3cc(C)ccc3n2)cc(OC)c1OC. The third-order valence-electron chi connectivity index (χ3n) is 4.00. The summed E-state index contributed by atoms with van der Waals surface area (Å²) in [5.41, 5.74) is 2.92. The molecular weight excluding hydrogens is 334 g/mol. The molecule has 7 nitrogen and oxygen atoms in total. The van der Waals surface area contributed by atoms with Crippen molar-refractivity contribution in [2.24, 2.45) is 0 Å². The van der Waals surface area contributed by atoms with E-state index in [4.69, 9.17) is 14.2 Å². The first-order chi connectivity index (χ1) is 12.5. The highest BCUT2D eigenvalue weighted by molar-refractivity contribution is 5.62. The molecule has 0 aliphatic rings. The lowest BCUT2D eigenvalue weighted by molar-refractivity contribution is 0.324. The Morgan fingerprint density at radius 2 is 1.73 bits per heavy atom. The molecule has 2 heterocycles. The molecule has 0 atom stereocenters. The first kappa shape index (κ1) is 17.6. The highest BCUT2D eigenvalue weighted by atomic mass is 16.5. The number of hydrogen-bond acceptors (Lipinski definition) is 6. The molecule has 3 rings (SSSR count). The number of anilines is 1. The van der Waals surface area contributed by atoms with Gasteiger partial charge in [0.25, 0.3) is 5.56 Å². The van der Waals surface area contributed by atoms with E-state index in [1.807, 2.05) is 19.1 Å². The van der Waals surface area contributed by atoms with E-state index in [0.717, 1.165) is 11.3 Å². The highest BCUT2D eigenvalue weighted by Gasteiger charge is 2.13. The predicted molar refractivity (Wildman–Crippen MR) is 99.6 cm³/mol. The van der Waals surface area contributed by atoms with E-state index in [0.29, 0.717) is 35.1 Å². The zero-order valence-corrected chi connectivity index (χ0v) is 15.2. The van der Waals surface area contributed by atoms with Gasteiger partial charge in [0.1, 0.15) is 5.65 Å². The van der Waals surface area contributed by atoms with Gasteiger partial charge in [-0.05, 0) is 18.6 Å². The van der Waals surface area contributed by atoms with E-state index in [9.17, 15) is 4.79 Å². The fraction of sp³-hybridized carbons (Fsp3) is 0.263. The van der Waals surface area contributed by atoms with Crippen LogP contribution in [0.5, 0.6) is 17.2 Å². The molecule has 0 bridgehead atoms. The van der Waals surface area contributed by atoms with Gasteiger partial charge in [0.2, 0.25) is 5.75 Å². The molecule has 136 valence electrons. The average molecular weight is 355 g/mol. The summed E-state index contributed by atoms with van der Waals surface area (Å²) >= 11 is 0. The van der Waals surface area contributed by atoms with Gasteiger partial charge < -0.3 is 19.5 Å². The highest BCUT2D eigenvalue weighted by Crippen LogP contribution is 2.39. The summed E-state index contributed by atoms with van der Waals surface area (Å²) in [5.74, 6) is 1.63. The first-order valence-corrected chi connectivity index (χ1v) is 8.08. The van der Waals surface area contributed by atoms with Gasteiger partial charge in [0, 0.05) is 30.1 Å². The summed E-state index contributed by atoms with van der Waals surface area (Å²) in [6.07, 6.45) is 1.78. The lowest BCUT2D eigenvalue weighted by atomic mass is 10.2. The Hall–Kier alpha value is -3.22. The number of rotatable bonds is 6. The van der Waals surface area contributed by atoms with E-state index in [2.05, 4.69) is 10.3 Å². The van der Waals surface area contributed by atoms with E-state index in [-0.39, 0.29) is 5.56 Å². The second kappa shape index (κ2) is 7.35. The summed E-state index contributed by atoms with van der Waals surface area (Å²) in [6, 6.07) is 8.90. The van der Waals surface area contributed by atoms with E-state index in [1.165, 1.54) is 10.5 Å². The van der Waals surface area contributed by atoms with Crippen LogP contribution in [-0.2, 0) is 6.54 Å². The maximum atomic E-state index is 12.3. The van der Waals surface area contributed by atoms with Gasteiger partial charge in [-0.3, -0.25) is 9.20 Å². The van der Waals surface area contributed by atoms with Gasteiger partial charge in [0.05, 0.1) is 33.6 Å². The number of aromatic nitrogens is 2. The van der Waals surface area contributed by atoms with Crippen molar-refractivity contribution in [1.82, 2.24) is 9.38 Å². The van der Waals surface area contributed by atoms with Crippen molar-refractivity contribution in [3.63, 3.8) is 0 Å². The predicted octanol–water partition coefficient (Wildman–Crippen LogP) is 2.64. The average Bonchev–Trinajstić information content (AvgIpc) is 2.65. The summed E-state index contributed by atoms with van der Waals surface area (Å²) in [6.45, 7) is 2.32. The second-order valence-corrected chi connectivity index (χ2v) is 5.79. The van der Waals surface area contributed by atoms with Gasteiger partial charge in [0.15, 0.2) is 11.5 Å². The molecule has 0 saturated carbocycles. The fourth-order valence-electron chi connectivity index (χ4n) is 2.72. The summed E-state index contributed by atoms with van der Waals surface area (Å²) in [5, 5.41) is 3.24. The lowest BCUT2D eigenvalue weighted by Gasteiger charge is -2.15. The van der Waals surface area contributed by atoms with Crippen molar-refractivity contribution in [1.29, 1.82) is 0 Å². The zero-order chi connectivity index (χ0) is 18.7. The van der Waals surface area contributed by atoms with Crippen LogP contribution in [-0.4, -0.2) is 30.7 Å². The Balaban J connectivity index is 1.88. The maximum Gasteiger partial charge on any atom is 0.258 e. The number of methoxy groups -OCH3 is 3. The normalized spacial score (nSPS) is 10.6. The molecule has 0 saturated heterocycles. The molecule has 0 radical (unpaired) electrons. The number of fused-ring (bicyclic) bond motifs is 1. The molecule has 7 heteroatoms. The molecule has 1 aromatic carbocycles. The summed E-state index contributed by atoms with van der Waals surface area (Å²) < 4.78 is 17.5. The fourth-order valence-corrected chi connectivity index (χ4v) is 2.72. The molecule has 2 aromatic heterocycles. The van der Waals surface area contributed by atoms with Crippen LogP contribution in [0.25, 0.3) is 5.65 Å². The molecule has 1 N–H and O–H groups in total. The number of aryl methyl sites for hydroxylation is 1. The smallest absolute Gasteiger partial charge is 0.258 e. The van der Waals surface area contributed by atoms with Gasteiger partial charge in [-0.2, -0.15) is 0 Å². The van der Waals surface area contributed by atoms with Crippen LogP contribution < -0.4 is 25.1 Å². The monoisotopic (exact) mass is 355 g/mol. The minimum atomic E-state index is -0.111. The molecule has 3 aromatic rings. The molecule has 0 aliphatic carbocycles. The van der Waals surface area contributed by atoms with Crippen LogP contribution in [0.2, 0.25) is 0 Å². The zero-order valence-electron chi connectivity index (χ0n) is 15.2. The number of ether oxygens (including phenoxy) is 3. The molecule has 0 aliphatic heterocycles. The van der Waals surface area contributed by atoms with Gasteiger partial charge in [-0.25, -0.2) is 4.98 Å². The van der Waals surface area contributed by atoms with Crippen LogP contribution in [0, 0.1) is 6.92 Å². The molecule has 0 unspecified atom stereocenters. The van der Waals surface area contributed by atoms with Crippen molar-refractivity contribution in [2.45, 2.75) is 13.5 Å². The Kier molecular flexibility index (Phi) is 4.97. The topological polar surface area (TPSA) is 74.1 Å². The van der Waals surface area contributed by atoms with E-state index in [1.54, 1.807) is 39.7 Å². The third kappa shape index (κ3) is 3.42. The van der Waals surface area contributed by atoms with Crippen molar-refractivity contribution < 1.29 is 14.2 Å². The molecule has 0 fully saturated rings. The lowest BCUT2D eigenvalue weighted by Crippen LogP contribution is -2.17. The van der Waals surface area contributed by atoms with Gasteiger partial charge >= 0.3 is 0 Å². The van der Waals surface area contributed by atoms with Crippen molar-refractivity contribution in [3.05, 3.63) is 58.1 Å². The van der Waals surface area contributed by atoms with Crippen molar-refractivity contribution in [2.75, 3.05) is 26.6 Å². The first-order valence-electron chi connectivity index (χ1n) is 8.08.